The van der Waals surface area contributed by atoms with Crippen molar-refractivity contribution in [2.24, 2.45) is 11.5 Å². The minimum Gasteiger partial charge on any atom is -0.403 e. The van der Waals surface area contributed by atoms with Crippen molar-refractivity contribution in [2.45, 2.75) is 6.92 Å². The number of nitrogens with two attached hydrogens (primary N) is 2. The van der Waals surface area contributed by atoms with Gasteiger partial charge in [0.05, 0.1) is 45.0 Å². The van der Waals surface area contributed by atoms with E-state index < -0.39 is 0 Å². The van der Waals surface area contributed by atoms with Crippen LogP contribution >= 0.6 is 0 Å². The molecule has 43 heavy (non-hydrogen) atoms. The summed E-state index contributed by atoms with van der Waals surface area (Å²) in [6.45, 7) is 2.10. The van der Waals surface area contributed by atoms with Gasteiger partial charge in [0.2, 0.25) is 0 Å². The van der Waals surface area contributed by atoms with Gasteiger partial charge in [0.15, 0.2) is 0 Å². The Hall–Kier alpha value is -5.75. The first-order valence-electron chi connectivity index (χ1n) is 14.2. The molecule has 7 rings (SSSR count). The Morgan fingerprint density at radius 1 is 0.605 bits per heavy atom. The molecule has 7 aromatic rings. The lowest BCUT2D eigenvalue weighted by molar-refractivity contribution is 1.31. The summed E-state index contributed by atoms with van der Waals surface area (Å²) in [5, 5.41) is 6.56. The quantitative estimate of drug-likeness (QED) is 0.198. The molecule has 4 aromatic carbocycles. The van der Waals surface area contributed by atoms with Crippen LogP contribution in [0, 0.1) is 6.92 Å². The van der Waals surface area contributed by atoms with Crippen molar-refractivity contribution in [3.8, 4) is 33.6 Å². The molecule has 0 saturated heterocycles. The third-order valence-electron chi connectivity index (χ3n) is 7.98. The highest BCUT2D eigenvalue weighted by Gasteiger charge is 2.10. The Labute approximate surface area is 249 Å². The fourth-order valence-electron chi connectivity index (χ4n) is 5.59. The van der Waals surface area contributed by atoms with Crippen LogP contribution in [0.25, 0.3) is 72.0 Å². The summed E-state index contributed by atoms with van der Waals surface area (Å²) in [6, 6.07) is 37.7. The fraction of sp³-hybridized carbons (Fsp3) is 0.0541. The molecular weight excluding hydrogens is 528 g/mol. The summed E-state index contributed by atoms with van der Waals surface area (Å²) in [4.78, 5) is 14.6. The second-order valence-corrected chi connectivity index (χ2v) is 10.7. The van der Waals surface area contributed by atoms with E-state index in [0.29, 0.717) is 11.4 Å². The third kappa shape index (κ3) is 4.79. The normalized spacial score (nSPS) is 11.8. The smallest absolute Gasteiger partial charge is 0.0943 e. The van der Waals surface area contributed by atoms with Crippen LogP contribution in [0.3, 0.4) is 0 Å². The monoisotopic (exact) mass is 558 g/mol. The van der Waals surface area contributed by atoms with Gasteiger partial charge in [-0.05, 0) is 66.1 Å². The fourth-order valence-corrected chi connectivity index (χ4v) is 5.59. The van der Waals surface area contributed by atoms with Crippen molar-refractivity contribution in [1.82, 2.24) is 15.0 Å². The summed E-state index contributed by atoms with van der Waals surface area (Å²) in [7, 11) is 1.94. The molecule has 0 saturated carbocycles. The predicted octanol–water partition coefficient (Wildman–Crippen LogP) is 7.90. The van der Waals surface area contributed by atoms with Gasteiger partial charge in [0.1, 0.15) is 0 Å². The third-order valence-corrected chi connectivity index (χ3v) is 7.98. The molecule has 0 fully saturated rings. The van der Waals surface area contributed by atoms with Crippen molar-refractivity contribution in [2.75, 3.05) is 12.4 Å². The van der Waals surface area contributed by atoms with Gasteiger partial charge in [-0.25, -0.2) is 15.0 Å². The van der Waals surface area contributed by atoms with Crippen LogP contribution in [0.15, 0.2) is 115 Å². The second-order valence-electron chi connectivity index (χ2n) is 10.7. The highest BCUT2D eigenvalue weighted by molar-refractivity contribution is 5.94. The summed E-state index contributed by atoms with van der Waals surface area (Å²) >= 11 is 0. The maximum atomic E-state index is 5.93. The number of fused-ring (bicyclic) bond motifs is 3. The van der Waals surface area contributed by atoms with E-state index in [9.17, 15) is 0 Å². The molecule has 0 aliphatic heterocycles. The molecule has 0 radical (unpaired) electrons. The number of rotatable bonds is 5. The van der Waals surface area contributed by atoms with Crippen LogP contribution < -0.4 is 16.8 Å². The van der Waals surface area contributed by atoms with Crippen LogP contribution in [0.1, 0.15) is 11.3 Å². The number of nitrogens with one attached hydrogen (secondary N) is 1. The summed E-state index contributed by atoms with van der Waals surface area (Å²) in [5.74, 6) is 0. The number of pyridine rings is 3. The molecule has 0 bridgehead atoms. The standard InChI is InChI=1S/C37H30N6/c1-22-3-4-25-9-14-32(43-37(25)36(22)40-2)24-7-5-23(6-8-24)31-17-12-28-19-26(10-15-33(28)41-31)27-11-16-34-29(20-27)13-18-35(42-34)30(39)21-38/h3-21,40H,38-39H2,1-2H3/b30-21-. The zero-order chi connectivity index (χ0) is 29.5. The number of anilines is 1. The minimum atomic E-state index is 0.462. The van der Waals surface area contributed by atoms with Gasteiger partial charge in [0.25, 0.3) is 0 Å². The maximum Gasteiger partial charge on any atom is 0.0943 e. The Morgan fingerprint density at radius 2 is 1.14 bits per heavy atom. The van der Waals surface area contributed by atoms with Gasteiger partial charge >= 0.3 is 0 Å². The average molecular weight is 559 g/mol. The number of hydrogen-bond acceptors (Lipinski definition) is 6. The molecule has 5 N–H and O–H groups in total. The van der Waals surface area contributed by atoms with E-state index >= 15 is 0 Å². The lowest BCUT2D eigenvalue weighted by Gasteiger charge is -2.11. The van der Waals surface area contributed by atoms with Crippen molar-refractivity contribution in [3.05, 3.63) is 127 Å². The number of nitrogens with zero attached hydrogens (tertiary/aromatic N) is 3. The molecule has 6 nitrogen and oxygen atoms in total. The molecule has 208 valence electrons. The van der Waals surface area contributed by atoms with Gasteiger partial charge in [-0.2, -0.15) is 0 Å². The van der Waals surface area contributed by atoms with Crippen LogP contribution in [-0.4, -0.2) is 22.0 Å². The van der Waals surface area contributed by atoms with Gasteiger partial charge < -0.3 is 16.8 Å². The molecule has 0 spiro atoms. The van der Waals surface area contributed by atoms with Gasteiger partial charge in [-0.3, -0.25) is 0 Å². The zero-order valence-corrected chi connectivity index (χ0v) is 24.0. The molecular formula is C37H30N6. The van der Waals surface area contributed by atoms with Crippen LogP contribution in [-0.2, 0) is 0 Å². The van der Waals surface area contributed by atoms with Crippen LogP contribution in [0.4, 0.5) is 5.69 Å². The van der Waals surface area contributed by atoms with Gasteiger partial charge in [-0.1, -0.05) is 66.7 Å². The number of aryl methyl sites for hydroxylation is 1. The largest absolute Gasteiger partial charge is 0.403 e. The van der Waals surface area contributed by atoms with Crippen LogP contribution in [0.5, 0.6) is 0 Å². The van der Waals surface area contributed by atoms with Gasteiger partial charge in [0, 0.05) is 40.5 Å². The van der Waals surface area contributed by atoms with Crippen LogP contribution in [0.2, 0.25) is 0 Å². The van der Waals surface area contributed by atoms with Crippen molar-refractivity contribution in [3.63, 3.8) is 0 Å². The lowest BCUT2D eigenvalue weighted by Crippen LogP contribution is -2.01. The molecule has 0 atom stereocenters. The molecule has 3 heterocycles. The SMILES string of the molecule is CNc1c(C)ccc2ccc(-c3ccc(-c4ccc5cc(-c6ccc7nc(/C(N)=C/N)ccc7c6)ccc5n4)cc3)nc12. The highest BCUT2D eigenvalue weighted by Crippen LogP contribution is 2.31. The van der Waals surface area contributed by atoms with Crippen molar-refractivity contribution >= 4 is 44.1 Å². The first-order valence-corrected chi connectivity index (χ1v) is 14.2. The first kappa shape index (κ1) is 26.2. The summed E-state index contributed by atoms with van der Waals surface area (Å²) in [6.07, 6.45) is 1.37. The molecule has 6 heteroatoms. The minimum absolute atomic E-state index is 0.462. The highest BCUT2D eigenvalue weighted by atomic mass is 14.9. The molecule has 0 amide bonds. The van der Waals surface area contributed by atoms with E-state index in [4.69, 9.17) is 21.4 Å². The molecule has 0 aliphatic carbocycles. The predicted molar refractivity (Wildman–Crippen MR) is 179 cm³/mol. The Kier molecular flexibility index (Phi) is 6.44. The summed E-state index contributed by atoms with van der Waals surface area (Å²) in [5.41, 5.74) is 23.9. The number of benzene rings is 4. The Balaban J connectivity index is 1.16. The van der Waals surface area contributed by atoms with E-state index in [1.807, 2.05) is 25.2 Å². The summed E-state index contributed by atoms with van der Waals surface area (Å²) < 4.78 is 0. The molecule has 3 aromatic heterocycles. The topological polar surface area (TPSA) is 103 Å². The van der Waals surface area contributed by atoms with E-state index in [1.54, 1.807) is 0 Å². The van der Waals surface area contributed by atoms with Crippen molar-refractivity contribution < 1.29 is 0 Å². The molecule has 0 unspecified atom stereocenters. The van der Waals surface area contributed by atoms with E-state index in [0.717, 1.165) is 72.0 Å². The Morgan fingerprint density at radius 3 is 1.77 bits per heavy atom. The van der Waals surface area contributed by atoms with E-state index in [1.165, 1.54) is 11.8 Å². The second kappa shape index (κ2) is 10.6. The van der Waals surface area contributed by atoms with Crippen molar-refractivity contribution in [1.29, 1.82) is 0 Å². The average Bonchev–Trinajstić information content (AvgIpc) is 3.06. The van der Waals surface area contributed by atoms with E-state index in [2.05, 4.69) is 108 Å². The maximum absolute atomic E-state index is 5.93. The number of hydrogen-bond donors (Lipinski definition) is 3. The van der Waals surface area contributed by atoms with Gasteiger partial charge in [-0.15, -0.1) is 0 Å². The Bertz CT molecular complexity index is 2200. The lowest BCUT2D eigenvalue weighted by atomic mass is 10.0. The van der Waals surface area contributed by atoms with E-state index in [-0.39, 0.29) is 0 Å². The number of aromatic nitrogens is 3. The molecule has 0 aliphatic rings. The zero-order valence-electron chi connectivity index (χ0n) is 24.0. The first-order chi connectivity index (χ1) is 21.0.